The topological polar surface area (TPSA) is 78.1 Å². The van der Waals surface area contributed by atoms with Gasteiger partial charge in [0.25, 0.3) is 11.5 Å². The molecule has 0 atom stereocenters. The predicted octanol–water partition coefficient (Wildman–Crippen LogP) is 2.24. The van der Waals surface area contributed by atoms with E-state index >= 15 is 0 Å². The summed E-state index contributed by atoms with van der Waals surface area (Å²) in [5.74, 6) is -0.318. The van der Waals surface area contributed by atoms with Crippen LogP contribution in [-0.2, 0) is 0 Å². The molecule has 3 aromatic rings. The first kappa shape index (κ1) is 14.8. The second-order valence-electron chi connectivity index (χ2n) is 5.32. The summed E-state index contributed by atoms with van der Waals surface area (Å²) in [5.41, 5.74) is 1.60. The van der Waals surface area contributed by atoms with Crippen LogP contribution >= 0.6 is 0 Å². The van der Waals surface area contributed by atoms with Crippen molar-refractivity contribution in [2.75, 3.05) is 24.3 Å². The third-order valence-corrected chi connectivity index (χ3v) is 3.56. The molecule has 0 aliphatic carbocycles. The van der Waals surface area contributed by atoms with Gasteiger partial charge in [0, 0.05) is 48.6 Å². The van der Waals surface area contributed by atoms with Crippen molar-refractivity contribution in [3.8, 4) is 0 Å². The smallest absolute Gasteiger partial charge is 0.274 e. The zero-order valence-corrected chi connectivity index (χ0v) is 12.8. The van der Waals surface area contributed by atoms with Crippen molar-refractivity contribution in [3.05, 3.63) is 64.8 Å². The van der Waals surface area contributed by atoms with Gasteiger partial charge < -0.3 is 15.2 Å². The van der Waals surface area contributed by atoms with Gasteiger partial charge in [0.15, 0.2) is 0 Å². The number of carbonyl (C=O) groups excluding carboxylic acids is 1. The van der Waals surface area contributed by atoms with Crippen LogP contribution in [0.1, 0.15) is 10.5 Å². The Labute approximate surface area is 132 Å². The van der Waals surface area contributed by atoms with Crippen molar-refractivity contribution < 1.29 is 4.79 Å². The van der Waals surface area contributed by atoms with Crippen molar-refractivity contribution in [3.63, 3.8) is 0 Å². The number of pyridine rings is 2. The third-order valence-electron chi connectivity index (χ3n) is 3.56. The number of amides is 1. The molecule has 0 fully saturated rings. The van der Waals surface area contributed by atoms with Crippen LogP contribution in [0.15, 0.2) is 53.6 Å². The minimum absolute atomic E-state index is 0.189. The molecule has 0 bridgehead atoms. The van der Waals surface area contributed by atoms with Gasteiger partial charge in [-0.15, -0.1) is 0 Å². The number of carbonyl (C=O) groups is 1. The molecule has 0 saturated carbocycles. The number of aromatic nitrogens is 2. The molecule has 0 spiro atoms. The maximum absolute atomic E-state index is 12.4. The Morgan fingerprint density at radius 3 is 2.78 bits per heavy atom. The predicted molar refractivity (Wildman–Crippen MR) is 91.1 cm³/mol. The number of nitrogens with one attached hydrogen (secondary N) is 2. The summed E-state index contributed by atoms with van der Waals surface area (Å²) in [6, 6.07) is 10.5. The van der Waals surface area contributed by atoms with E-state index in [1.807, 2.05) is 25.1 Å². The summed E-state index contributed by atoms with van der Waals surface area (Å²) in [6.45, 7) is 0. The Hall–Kier alpha value is -3.15. The van der Waals surface area contributed by atoms with Crippen LogP contribution in [-0.4, -0.2) is 30.0 Å². The quantitative estimate of drug-likeness (QED) is 0.778. The lowest BCUT2D eigenvalue weighted by Gasteiger charge is -2.13. The largest absolute Gasteiger partial charge is 0.378 e. The first-order chi connectivity index (χ1) is 11.1. The molecule has 1 aromatic carbocycles. The fraction of sp³-hybridized carbons (Fsp3) is 0.118. The molecule has 6 heteroatoms. The molecule has 6 nitrogen and oxygen atoms in total. The third kappa shape index (κ3) is 2.91. The van der Waals surface area contributed by atoms with Crippen LogP contribution in [0.3, 0.4) is 0 Å². The van der Waals surface area contributed by atoms with Gasteiger partial charge in [-0.3, -0.25) is 14.6 Å². The van der Waals surface area contributed by atoms with Crippen molar-refractivity contribution >= 4 is 28.1 Å². The van der Waals surface area contributed by atoms with Crippen LogP contribution < -0.4 is 15.8 Å². The SMILES string of the molecule is CN(C)c1ccnc(C(=O)Nc2cccc3c(=O)[nH]ccc23)c1. The Morgan fingerprint density at radius 2 is 2.00 bits per heavy atom. The highest BCUT2D eigenvalue weighted by Crippen LogP contribution is 2.21. The Morgan fingerprint density at radius 1 is 1.17 bits per heavy atom. The van der Waals surface area contributed by atoms with E-state index in [1.54, 1.807) is 42.7 Å². The molecule has 3 rings (SSSR count). The summed E-state index contributed by atoms with van der Waals surface area (Å²) in [7, 11) is 3.79. The second-order valence-corrected chi connectivity index (χ2v) is 5.32. The molecule has 0 radical (unpaired) electrons. The maximum atomic E-state index is 12.4. The Bertz CT molecular complexity index is 931. The van der Waals surface area contributed by atoms with E-state index in [0.717, 1.165) is 5.69 Å². The lowest BCUT2D eigenvalue weighted by molar-refractivity contribution is 0.102. The normalized spacial score (nSPS) is 10.5. The molecule has 116 valence electrons. The van der Waals surface area contributed by atoms with E-state index in [2.05, 4.69) is 15.3 Å². The van der Waals surface area contributed by atoms with Crippen molar-refractivity contribution in [2.45, 2.75) is 0 Å². The van der Waals surface area contributed by atoms with Crippen molar-refractivity contribution in [1.82, 2.24) is 9.97 Å². The monoisotopic (exact) mass is 308 g/mol. The average molecular weight is 308 g/mol. The highest BCUT2D eigenvalue weighted by molar-refractivity contribution is 6.08. The number of fused-ring (bicyclic) bond motifs is 1. The number of aromatic amines is 1. The summed E-state index contributed by atoms with van der Waals surface area (Å²) < 4.78 is 0. The first-order valence-electron chi connectivity index (χ1n) is 7.11. The summed E-state index contributed by atoms with van der Waals surface area (Å²) >= 11 is 0. The summed E-state index contributed by atoms with van der Waals surface area (Å²) in [6.07, 6.45) is 3.16. The van der Waals surface area contributed by atoms with Gasteiger partial charge in [-0.2, -0.15) is 0 Å². The van der Waals surface area contributed by atoms with Crippen molar-refractivity contribution in [2.24, 2.45) is 0 Å². The van der Waals surface area contributed by atoms with E-state index in [9.17, 15) is 9.59 Å². The average Bonchev–Trinajstić information content (AvgIpc) is 2.56. The van der Waals surface area contributed by atoms with Gasteiger partial charge >= 0.3 is 0 Å². The van der Waals surface area contributed by atoms with Crippen LogP contribution in [0.5, 0.6) is 0 Å². The Kier molecular flexibility index (Phi) is 3.80. The van der Waals surface area contributed by atoms with Crippen LogP contribution in [0, 0.1) is 0 Å². The van der Waals surface area contributed by atoms with E-state index < -0.39 is 0 Å². The highest BCUT2D eigenvalue weighted by Gasteiger charge is 2.11. The zero-order valence-electron chi connectivity index (χ0n) is 12.8. The molecule has 2 N–H and O–H groups in total. The molecule has 0 saturated heterocycles. The zero-order chi connectivity index (χ0) is 16.4. The second kappa shape index (κ2) is 5.92. The number of rotatable bonds is 3. The molecular formula is C17H16N4O2. The molecule has 1 amide bonds. The van der Waals surface area contributed by atoms with Crippen LogP contribution in [0.4, 0.5) is 11.4 Å². The number of hydrogen-bond donors (Lipinski definition) is 2. The van der Waals surface area contributed by atoms with E-state index in [1.165, 1.54) is 0 Å². The van der Waals surface area contributed by atoms with Gasteiger partial charge in [-0.1, -0.05) is 6.07 Å². The number of H-pyrrole nitrogens is 1. The van der Waals surface area contributed by atoms with Gasteiger partial charge in [-0.05, 0) is 30.3 Å². The number of hydrogen-bond acceptors (Lipinski definition) is 4. The number of anilines is 2. The van der Waals surface area contributed by atoms with Gasteiger partial charge in [0.1, 0.15) is 5.69 Å². The van der Waals surface area contributed by atoms with E-state index in [4.69, 9.17) is 0 Å². The fourth-order valence-electron chi connectivity index (χ4n) is 2.34. The first-order valence-corrected chi connectivity index (χ1v) is 7.11. The highest BCUT2D eigenvalue weighted by atomic mass is 16.2. The van der Waals surface area contributed by atoms with Gasteiger partial charge in [0.2, 0.25) is 0 Å². The molecular weight excluding hydrogens is 292 g/mol. The molecule has 0 aliphatic heterocycles. The standard InChI is InChI=1S/C17H16N4O2/c1-21(2)11-6-8-18-15(10-11)17(23)20-14-5-3-4-13-12(14)7-9-19-16(13)22/h3-10H,1-2H3,(H,19,22)(H,20,23). The maximum Gasteiger partial charge on any atom is 0.274 e. The number of benzene rings is 1. The lowest BCUT2D eigenvalue weighted by atomic mass is 10.1. The Balaban J connectivity index is 1.96. The molecule has 2 heterocycles. The van der Waals surface area contributed by atoms with Crippen molar-refractivity contribution in [1.29, 1.82) is 0 Å². The molecule has 23 heavy (non-hydrogen) atoms. The van der Waals surface area contributed by atoms with Crippen LogP contribution in [0.2, 0.25) is 0 Å². The molecule has 2 aromatic heterocycles. The van der Waals surface area contributed by atoms with Gasteiger partial charge in [-0.25, -0.2) is 0 Å². The number of nitrogens with zero attached hydrogens (tertiary/aromatic N) is 2. The molecule has 0 unspecified atom stereocenters. The van der Waals surface area contributed by atoms with E-state index in [0.29, 0.717) is 22.2 Å². The molecule has 0 aliphatic rings. The minimum atomic E-state index is -0.318. The lowest BCUT2D eigenvalue weighted by Crippen LogP contribution is -2.16. The van der Waals surface area contributed by atoms with Crippen LogP contribution in [0.25, 0.3) is 10.8 Å². The fourth-order valence-corrected chi connectivity index (χ4v) is 2.34. The minimum Gasteiger partial charge on any atom is -0.378 e. The summed E-state index contributed by atoms with van der Waals surface area (Å²) in [4.78, 5) is 32.9. The van der Waals surface area contributed by atoms with E-state index in [-0.39, 0.29) is 11.5 Å². The summed E-state index contributed by atoms with van der Waals surface area (Å²) in [5, 5.41) is 4.04. The van der Waals surface area contributed by atoms with Gasteiger partial charge in [0.05, 0.1) is 0 Å².